The second-order valence-electron chi connectivity index (χ2n) is 8.99. The number of nitrogens with two attached hydrogens (primary N) is 2. The number of esters is 2. The van der Waals surface area contributed by atoms with Crippen molar-refractivity contribution in [2.45, 2.75) is 90.0 Å². The number of hydrogen-bond acceptors (Lipinski definition) is 8. The van der Waals surface area contributed by atoms with Gasteiger partial charge < -0.3 is 31.2 Å². The molecule has 0 spiro atoms. The van der Waals surface area contributed by atoms with Gasteiger partial charge in [0.15, 0.2) is 0 Å². The van der Waals surface area contributed by atoms with Crippen LogP contribution in [-0.2, 0) is 28.7 Å². The first-order valence-corrected chi connectivity index (χ1v) is 9.38. The molecular formula is C19H34N2O8. The zero-order chi connectivity index (χ0) is 23.2. The molecule has 0 amide bonds. The molecule has 0 aliphatic carbocycles. The fourth-order valence-corrected chi connectivity index (χ4v) is 2.48. The third-order valence-electron chi connectivity index (χ3n) is 3.91. The van der Waals surface area contributed by atoms with E-state index in [2.05, 4.69) is 0 Å². The van der Waals surface area contributed by atoms with Crippen molar-refractivity contribution in [2.75, 3.05) is 0 Å². The van der Waals surface area contributed by atoms with E-state index < -0.39 is 52.6 Å². The summed E-state index contributed by atoms with van der Waals surface area (Å²) in [5, 5.41) is 18.5. The minimum Gasteiger partial charge on any atom is -0.480 e. The molecule has 0 aliphatic rings. The van der Waals surface area contributed by atoms with E-state index in [1.807, 2.05) is 0 Å². The molecule has 0 bridgehead atoms. The highest BCUT2D eigenvalue weighted by Crippen LogP contribution is 2.29. The fourth-order valence-electron chi connectivity index (χ4n) is 2.48. The van der Waals surface area contributed by atoms with E-state index in [0.717, 1.165) is 0 Å². The number of rotatable bonds is 10. The number of carbonyl (C=O) groups is 4. The van der Waals surface area contributed by atoms with Gasteiger partial charge in [-0.05, 0) is 54.4 Å². The van der Waals surface area contributed by atoms with E-state index in [1.54, 1.807) is 41.5 Å². The summed E-state index contributed by atoms with van der Waals surface area (Å²) < 4.78 is 10.4. The molecule has 6 N–H and O–H groups in total. The summed E-state index contributed by atoms with van der Waals surface area (Å²) in [6.45, 7) is 9.43. The van der Waals surface area contributed by atoms with Gasteiger partial charge >= 0.3 is 23.9 Å². The zero-order valence-electron chi connectivity index (χ0n) is 18.0. The molecule has 0 rings (SSSR count). The standard InChI is InChI=1S/C19H34N2O8/c1-17(2,3)28-14(24)11(9-7-8-10-12(20)13(22)23)19(21,15(25)26)16(27)29-18(4,5)6/h11-12H,7-10,20-21H2,1-6H3,(H,22,23)(H,25,26). The molecule has 0 aromatic carbocycles. The molecule has 0 saturated carbocycles. The van der Waals surface area contributed by atoms with E-state index in [4.69, 9.17) is 26.0 Å². The third-order valence-corrected chi connectivity index (χ3v) is 3.91. The zero-order valence-corrected chi connectivity index (χ0v) is 18.0. The van der Waals surface area contributed by atoms with Crippen LogP contribution in [0.25, 0.3) is 0 Å². The number of ether oxygens (including phenoxy) is 2. The van der Waals surface area contributed by atoms with Crippen LogP contribution in [0.1, 0.15) is 67.2 Å². The lowest BCUT2D eigenvalue weighted by Crippen LogP contribution is -2.64. The highest BCUT2D eigenvalue weighted by Gasteiger charge is 2.55. The molecule has 10 nitrogen and oxygen atoms in total. The number of unbranched alkanes of at least 4 members (excludes halogenated alkanes) is 1. The number of carboxylic acids is 2. The summed E-state index contributed by atoms with van der Waals surface area (Å²) in [5.74, 6) is -6.62. The van der Waals surface area contributed by atoms with Crippen LogP contribution in [0.15, 0.2) is 0 Å². The largest absolute Gasteiger partial charge is 0.480 e. The first-order valence-electron chi connectivity index (χ1n) is 9.38. The average Bonchev–Trinajstić information content (AvgIpc) is 2.49. The second-order valence-corrected chi connectivity index (χ2v) is 8.99. The van der Waals surface area contributed by atoms with Crippen molar-refractivity contribution in [2.24, 2.45) is 17.4 Å². The van der Waals surface area contributed by atoms with Crippen LogP contribution in [0.5, 0.6) is 0 Å². The van der Waals surface area contributed by atoms with E-state index in [-0.39, 0.29) is 25.7 Å². The number of aliphatic carboxylic acids is 2. The van der Waals surface area contributed by atoms with Crippen molar-refractivity contribution < 1.29 is 38.9 Å². The number of hydrogen-bond donors (Lipinski definition) is 4. The van der Waals surface area contributed by atoms with Crippen LogP contribution in [0.3, 0.4) is 0 Å². The molecule has 0 fully saturated rings. The molecule has 3 unspecified atom stereocenters. The van der Waals surface area contributed by atoms with E-state index >= 15 is 0 Å². The van der Waals surface area contributed by atoms with Gasteiger partial charge in [0.1, 0.15) is 17.2 Å². The first-order chi connectivity index (χ1) is 12.9. The maximum Gasteiger partial charge on any atom is 0.339 e. The van der Waals surface area contributed by atoms with Crippen molar-refractivity contribution in [3.8, 4) is 0 Å². The van der Waals surface area contributed by atoms with Crippen LogP contribution in [0.2, 0.25) is 0 Å². The van der Waals surface area contributed by atoms with Crippen molar-refractivity contribution >= 4 is 23.9 Å². The molecule has 0 aromatic rings. The first kappa shape index (κ1) is 26.8. The van der Waals surface area contributed by atoms with Gasteiger partial charge in [-0.2, -0.15) is 0 Å². The summed E-state index contributed by atoms with van der Waals surface area (Å²) in [5.41, 5.74) is 6.77. The fraction of sp³-hybridized carbons (Fsp3) is 0.789. The molecule has 3 atom stereocenters. The van der Waals surface area contributed by atoms with E-state index in [0.29, 0.717) is 0 Å². The van der Waals surface area contributed by atoms with Crippen molar-refractivity contribution in [1.82, 2.24) is 0 Å². The molecule has 168 valence electrons. The SMILES string of the molecule is CC(C)(C)OC(=O)C(CCCCC(N)C(=O)O)C(N)(C(=O)O)C(=O)OC(C)(C)C. The second kappa shape index (κ2) is 10.0. The Morgan fingerprint density at radius 3 is 1.69 bits per heavy atom. The lowest BCUT2D eigenvalue weighted by atomic mass is 9.80. The summed E-state index contributed by atoms with van der Waals surface area (Å²) in [4.78, 5) is 48.1. The molecule has 29 heavy (non-hydrogen) atoms. The minimum atomic E-state index is -2.66. The normalized spacial score (nSPS) is 16.3. The Morgan fingerprint density at radius 2 is 1.31 bits per heavy atom. The average molecular weight is 418 g/mol. The molecular weight excluding hydrogens is 384 g/mol. The number of carbonyl (C=O) groups excluding carboxylic acids is 2. The Bertz CT molecular complexity index is 621. The van der Waals surface area contributed by atoms with Gasteiger partial charge in [0.25, 0.3) is 0 Å². The van der Waals surface area contributed by atoms with E-state index in [1.165, 1.54) is 0 Å². The molecule has 0 radical (unpaired) electrons. The highest BCUT2D eigenvalue weighted by atomic mass is 16.6. The monoisotopic (exact) mass is 418 g/mol. The Morgan fingerprint density at radius 1 is 0.862 bits per heavy atom. The maximum absolute atomic E-state index is 12.7. The quantitative estimate of drug-likeness (QED) is 0.227. The number of carboxylic acid groups (broad SMARTS) is 2. The van der Waals surface area contributed by atoms with Gasteiger partial charge in [0, 0.05) is 0 Å². The van der Waals surface area contributed by atoms with E-state index in [9.17, 15) is 24.3 Å². The lowest BCUT2D eigenvalue weighted by molar-refractivity contribution is -0.182. The van der Waals surface area contributed by atoms with Gasteiger partial charge in [-0.15, -0.1) is 0 Å². The Kier molecular flexibility index (Phi) is 9.26. The lowest BCUT2D eigenvalue weighted by Gasteiger charge is -2.34. The van der Waals surface area contributed by atoms with Crippen LogP contribution in [0.4, 0.5) is 0 Å². The Balaban J connectivity index is 5.71. The van der Waals surface area contributed by atoms with Crippen molar-refractivity contribution in [1.29, 1.82) is 0 Å². The van der Waals surface area contributed by atoms with Crippen LogP contribution < -0.4 is 11.5 Å². The van der Waals surface area contributed by atoms with Gasteiger partial charge in [-0.1, -0.05) is 12.8 Å². The maximum atomic E-state index is 12.7. The topological polar surface area (TPSA) is 179 Å². The predicted octanol–water partition coefficient (Wildman–Crippen LogP) is 1.04. The Hall–Kier alpha value is -2.20. The summed E-state index contributed by atoms with van der Waals surface area (Å²) in [6, 6.07) is -1.08. The molecule has 0 saturated heterocycles. The smallest absolute Gasteiger partial charge is 0.339 e. The van der Waals surface area contributed by atoms with Gasteiger partial charge in [0.2, 0.25) is 5.54 Å². The van der Waals surface area contributed by atoms with Crippen molar-refractivity contribution in [3.63, 3.8) is 0 Å². The van der Waals surface area contributed by atoms with Gasteiger partial charge in [-0.25, -0.2) is 9.59 Å². The van der Waals surface area contributed by atoms with Crippen LogP contribution >= 0.6 is 0 Å². The summed E-state index contributed by atoms with van der Waals surface area (Å²) in [6.07, 6.45) is 0.493. The highest BCUT2D eigenvalue weighted by molar-refractivity contribution is 6.07. The summed E-state index contributed by atoms with van der Waals surface area (Å²) in [7, 11) is 0. The summed E-state index contributed by atoms with van der Waals surface area (Å²) >= 11 is 0. The van der Waals surface area contributed by atoms with Gasteiger partial charge in [0.05, 0.1) is 5.92 Å². The van der Waals surface area contributed by atoms with Crippen LogP contribution in [-0.4, -0.2) is 56.9 Å². The molecule has 0 aliphatic heterocycles. The predicted molar refractivity (Wildman–Crippen MR) is 104 cm³/mol. The van der Waals surface area contributed by atoms with Crippen molar-refractivity contribution in [3.05, 3.63) is 0 Å². The van der Waals surface area contributed by atoms with Gasteiger partial charge in [-0.3, -0.25) is 9.59 Å². The Labute approximate surface area is 170 Å². The van der Waals surface area contributed by atoms with Crippen LogP contribution in [0, 0.1) is 5.92 Å². The minimum absolute atomic E-state index is 0.119. The molecule has 0 heterocycles. The molecule has 10 heteroatoms. The third kappa shape index (κ3) is 8.78. The molecule has 0 aromatic heterocycles.